The van der Waals surface area contributed by atoms with Crippen molar-refractivity contribution in [2.45, 2.75) is 23.8 Å². The van der Waals surface area contributed by atoms with E-state index >= 15 is 0 Å². The van der Waals surface area contributed by atoms with E-state index in [0.717, 1.165) is 0 Å². The van der Waals surface area contributed by atoms with Gasteiger partial charge in [-0.1, -0.05) is 69.6 Å². The van der Waals surface area contributed by atoms with Gasteiger partial charge in [-0.25, -0.2) is 0 Å². The molecule has 2 rings (SSSR count). The first-order valence-corrected chi connectivity index (χ1v) is 7.27. The van der Waals surface area contributed by atoms with Gasteiger partial charge >= 0.3 is 0 Å². The van der Waals surface area contributed by atoms with E-state index in [1.54, 1.807) is 0 Å². The Labute approximate surface area is 137 Å². The van der Waals surface area contributed by atoms with Gasteiger partial charge in [-0.05, 0) is 0 Å². The van der Waals surface area contributed by atoms with Crippen LogP contribution < -0.4 is 0 Å². The molecule has 92 valence electrons. The highest BCUT2D eigenvalue weighted by atomic mass is 35.5. The fraction of sp³-hybridized carbons (Fsp3) is 0.714. The molecule has 0 spiro atoms. The smallest absolute Gasteiger partial charge is 0.117 e. The van der Waals surface area contributed by atoms with Crippen molar-refractivity contribution in [2.75, 3.05) is 0 Å². The number of rotatable bonds is 0. The Kier molecular flexibility index (Phi) is 3.42. The first-order valence-electron chi connectivity index (χ1n) is 3.81. The summed E-state index contributed by atoms with van der Waals surface area (Å²) in [6.45, 7) is 0. The number of alkyl halides is 7. The molecule has 1 fully saturated rings. The minimum absolute atomic E-state index is 0.0854. The van der Waals surface area contributed by atoms with Gasteiger partial charge in [0.15, 0.2) is 8.67 Å². The van der Waals surface area contributed by atoms with Crippen LogP contribution in [0.25, 0.3) is 0 Å². The Balaban J connectivity index is 2.71. The van der Waals surface area contributed by atoms with Gasteiger partial charge in [0.2, 0.25) is 0 Å². The molecular weight excluding hydrogens is 403 g/mol. The summed E-state index contributed by atoms with van der Waals surface area (Å²) in [6, 6.07) is 0. The number of hydrogen-bond acceptors (Lipinski definition) is 0. The van der Waals surface area contributed by atoms with Gasteiger partial charge < -0.3 is 0 Å². The van der Waals surface area contributed by atoms with Gasteiger partial charge in [0.25, 0.3) is 0 Å². The third-order valence-corrected chi connectivity index (χ3v) is 9.21. The Morgan fingerprint density at radius 2 is 1.25 bits per heavy atom. The molecule has 2 aliphatic rings. The van der Waals surface area contributed by atoms with Crippen LogP contribution >= 0.6 is 104 Å². The third kappa shape index (κ3) is 1.17. The van der Waals surface area contributed by atoms with Gasteiger partial charge in [-0.2, -0.15) is 0 Å². The van der Waals surface area contributed by atoms with E-state index < -0.39 is 23.8 Å². The van der Waals surface area contributed by atoms with Crippen LogP contribution in [0.4, 0.5) is 0 Å². The summed E-state index contributed by atoms with van der Waals surface area (Å²) in [7, 11) is 0. The zero-order chi connectivity index (χ0) is 12.7. The zero-order valence-corrected chi connectivity index (χ0v) is 13.8. The van der Waals surface area contributed by atoms with Crippen LogP contribution in [0.1, 0.15) is 0 Å². The summed E-state index contributed by atoms with van der Waals surface area (Å²) >= 11 is 54.4. The van der Waals surface area contributed by atoms with Gasteiger partial charge in [-0.15, -0.1) is 34.8 Å². The first kappa shape index (κ1) is 14.8. The molecule has 0 nitrogen and oxygen atoms in total. The van der Waals surface area contributed by atoms with Crippen molar-refractivity contribution in [1.82, 2.24) is 0 Å². The maximum Gasteiger partial charge on any atom is 0.177 e. The minimum Gasteiger partial charge on any atom is -0.117 e. The van der Waals surface area contributed by atoms with Crippen molar-refractivity contribution < 1.29 is 0 Å². The van der Waals surface area contributed by atoms with Crippen LogP contribution in [0.5, 0.6) is 0 Å². The van der Waals surface area contributed by atoms with Crippen molar-refractivity contribution in [3.05, 3.63) is 10.1 Å². The van der Waals surface area contributed by atoms with Gasteiger partial charge in [-0.3, -0.25) is 0 Å². The van der Waals surface area contributed by atoms with E-state index in [0.29, 0.717) is 0 Å². The number of hydrogen-bond donors (Lipinski definition) is 0. The van der Waals surface area contributed by atoms with E-state index in [2.05, 4.69) is 0 Å². The lowest BCUT2D eigenvalue weighted by Crippen LogP contribution is -2.80. The molecule has 0 aromatic heterocycles. The molecule has 3 unspecified atom stereocenters. The fourth-order valence-corrected chi connectivity index (χ4v) is 6.44. The van der Waals surface area contributed by atoms with Crippen LogP contribution in [0.15, 0.2) is 10.1 Å². The van der Waals surface area contributed by atoms with Crippen LogP contribution in [0, 0.1) is 0 Å². The summed E-state index contributed by atoms with van der Waals surface area (Å²) in [5.41, 5.74) is 0. The van der Waals surface area contributed by atoms with Crippen molar-refractivity contribution in [2.24, 2.45) is 0 Å². The highest BCUT2D eigenvalue weighted by Gasteiger charge is 2.89. The van der Waals surface area contributed by atoms with E-state index in [4.69, 9.17) is 104 Å². The highest BCUT2D eigenvalue weighted by molar-refractivity contribution is 6.72. The average Bonchev–Trinajstić information content (AvgIpc) is 2.30. The molecule has 0 aliphatic heterocycles. The lowest BCUT2D eigenvalue weighted by molar-refractivity contribution is 0.284. The van der Waals surface area contributed by atoms with Crippen LogP contribution in [-0.2, 0) is 0 Å². The number of allylic oxidation sites excluding steroid dienone is 2. The second-order valence-corrected chi connectivity index (χ2v) is 8.63. The normalized spacial score (nSPS) is 48.9. The molecule has 0 saturated heterocycles. The molecule has 0 aromatic rings. The fourth-order valence-electron chi connectivity index (χ4n) is 1.89. The number of fused-ring (bicyclic) bond motifs is 1. The molecule has 9 heteroatoms. The van der Waals surface area contributed by atoms with Gasteiger partial charge in [0.1, 0.15) is 9.75 Å². The van der Waals surface area contributed by atoms with Gasteiger partial charge in [0.05, 0.1) is 15.4 Å². The van der Waals surface area contributed by atoms with Crippen LogP contribution in [0.2, 0.25) is 0 Å². The topological polar surface area (TPSA) is 0 Å². The average molecular weight is 404 g/mol. The van der Waals surface area contributed by atoms with Crippen LogP contribution in [-0.4, -0.2) is 23.8 Å². The lowest BCUT2D eigenvalue weighted by atomic mass is 9.71. The SMILES string of the molecule is ClC1=C(Cl)C2(Cl)C(Cl)(Cl)C(Cl)C2(Cl)C1(Cl)Cl. The Morgan fingerprint density at radius 3 is 1.62 bits per heavy atom. The number of halogens is 9. The second kappa shape index (κ2) is 3.71. The highest BCUT2D eigenvalue weighted by Crippen LogP contribution is 2.79. The first-order chi connectivity index (χ1) is 6.97. The molecule has 0 bridgehead atoms. The molecule has 0 N–H and O–H groups in total. The molecule has 3 atom stereocenters. The van der Waals surface area contributed by atoms with Crippen molar-refractivity contribution in [3.8, 4) is 0 Å². The summed E-state index contributed by atoms with van der Waals surface area (Å²) in [6.07, 6.45) is 0. The summed E-state index contributed by atoms with van der Waals surface area (Å²) in [5.74, 6) is 0. The van der Waals surface area contributed by atoms with E-state index in [-0.39, 0.29) is 10.1 Å². The Hall–Kier alpha value is 2.35. The van der Waals surface area contributed by atoms with E-state index in [1.165, 1.54) is 0 Å². The molecule has 0 amide bonds. The zero-order valence-electron chi connectivity index (χ0n) is 6.98. The maximum absolute atomic E-state index is 6.26. The summed E-state index contributed by atoms with van der Waals surface area (Å²) in [5, 5.41) is -1.21. The van der Waals surface area contributed by atoms with Crippen molar-refractivity contribution >= 4 is 104 Å². The largest absolute Gasteiger partial charge is 0.177 e. The van der Waals surface area contributed by atoms with Crippen molar-refractivity contribution in [3.63, 3.8) is 0 Å². The second-order valence-electron chi connectivity index (χ2n) is 3.56. The predicted octanol–water partition coefficient (Wildman–Crippen LogP) is 5.61. The Bertz CT molecular complexity index is 399. The Morgan fingerprint density at radius 1 is 0.812 bits per heavy atom. The standard InChI is InChI=1S/C7HCl9/c8-1-2(9)6(13,14)5(12)3(10)7(15,16)4(1,5)11/h3H. The molecular formula is C7HCl9. The quantitative estimate of drug-likeness (QED) is 0.461. The predicted molar refractivity (Wildman–Crippen MR) is 74.4 cm³/mol. The molecule has 0 aromatic carbocycles. The summed E-state index contributed by atoms with van der Waals surface area (Å²) < 4.78 is -3.35. The lowest BCUT2D eigenvalue weighted by Gasteiger charge is -2.62. The van der Waals surface area contributed by atoms with Crippen molar-refractivity contribution in [1.29, 1.82) is 0 Å². The van der Waals surface area contributed by atoms with E-state index in [1.807, 2.05) is 0 Å². The van der Waals surface area contributed by atoms with Crippen LogP contribution in [0.3, 0.4) is 0 Å². The minimum atomic E-state index is -1.74. The molecule has 2 aliphatic carbocycles. The molecule has 0 heterocycles. The molecule has 16 heavy (non-hydrogen) atoms. The maximum atomic E-state index is 6.26. The molecule has 0 radical (unpaired) electrons. The molecule has 1 saturated carbocycles. The summed E-state index contributed by atoms with van der Waals surface area (Å²) in [4.78, 5) is -3.18. The monoisotopic (exact) mass is 400 g/mol. The third-order valence-electron chi connectivity index (χ3n) is 2.86. The van der Waals surface area contributed by atoms with Gasteiger partial charge in [0, 0.05) is 0 Å². The van der Waals surface area contributed by atoms with E-state index in [9.17, 15) is 0 Å².